The number of nitrogens with one attached hydrogen (secondary N) is 1. The van der Waals surface area contributed by atoms with Gasteiger partial charge < -0.3 is 14.6 Å². The lowest BCUT2D eigenvalue weighted by atomic mass is 10.1. The van der Waals surface area contributed by atoms with Gasteiger partial charge in [-0.3, -0.25) is 4.79 Å². The third-order valence-corrected chi connectivity index (χ3v) is 5.51. The summed E-state index contributed by atoms with van der Waals surface area (Å²) in [6, 6.07) is 16.9. The molecule has 0 aliphatic carbocycles. The fraction of sp³-hybridized carbons (Fsp3) is 0.348. The van der Waals surface area contributed by atoms with Gasteiger partial charge in [0.05, 0.1) is 0 Å². The SMILES string of the molecule is O=C(N[C@H](Cc1ccccc1)c1nnc(N2CCCCCC2)o1)c1cccc(Cl)c1. The number of nitrogens with zero attached hydrogens (tertiary/aromatic N) is 3. The molecule has 1 fully saturated rings. The van der Waals surface area contributed by atoms with Gasteiger partial charge >= 0.3 is 6.01 Å². The molecule has 1 atom stereocenters. The molecular weight excluding hydrogens is 400 g/mol. The summed E-state index contributed by atoms with van der Waals surface area (Å²) in [7, 11) is 0. The van der Waals surface area contributed by atoms with E-state index >= 15 is 0 Å². The van der Waals surface area contributed by atoms with Crippen LogP contribution in [-0.4, -0.2) is 29.2 Å². The highest BCUT2D eigenvalue weighted by Crippen LogP contribution is 2.24. The molecule has 1 amide bonds. The van der Waals surface area contributed by atoms with Gasteiger partial charge in [0.2, 0.25) is 5.89 Å². The highest BCUT2D eigenvalue weighted by atomic mass is 35.5. The summed E-state index contributed by atoms with van der Waals surface area (Å²) < 4.78 is 6.04. The zero-order valence-electron chi connectivity index (χ0n) is 16.8. The van der Waals surface area contributed by atoms with E-state index < -0.39 is 6.04 Å². The van der Waals surface area contributed by atoms with Crippen molar-refractivity contribution < 1.29 is 9.21 Å². The first kappa shape index (κ1) is 20.4. The molecule has 0 spiro atoms. The Bertz CT molecular complexity index is 968. The predicted octanol–water partition coefficient (Wildman–Crippen LogP) is 4.82. The second kappa shape index (κ2) is 9.76. The normalized spacial score (nSPS) is 15.4. The molecule has 1 N–H and O–H groups in total. The van der Waals surface area contributed by atoms with Crippen LogP contribution in [-0.2, 0) is 6.42 Å². The van der Waals surface area contributed by atoms with Crippen LogP contribution in [0.2, 0.25) is 5.02 Å². The van der Waals surface area contributed by atoms with Crippen molar-refractivity contribution in [1.82, 2.24) is 15.5 Å². The van der Waals surface area contributed by atoms with Gasteiger partial charge in [-0.2, -0.15) is 0 Å². The highest BCUT2D eigenvalue weighted by Gasteiger charge is 2.24. The lowest BCUT2D eigenvalue weighted by Crippen LogP contribution is -2.30. The molecule has 1 aliphatic heterocycles. The van der Waals surface area contributed by atoms with E-state index in [0.717, 1.165) is 31.5 Å². The molecule has 4 rings (SSSR count). The topological polar surface area (TPSA) is 71.3 Å². The van der Waals surface area contributed by atoms with Crippen molar-refractivity contribution in [1.29, 1.82) is 0 Å². The molecule has 6 nitrogen and oxygen atoms in total. The molecule has 7 heteroatoms. The van der Waals surface area contributed by atoms with E-state index in [1.54, 1.807) is 24.3 Å². The summed E-state index contributed by atoms with van der Waals surface area (Å²) in [5.74, 6) is 0.182. The molecule has 1 aliphatic rings. The van der Waals surface area contributed by atoms with Gasteiger partial charge in [-0.05, 0) is 36.6 Å². The molecular formula is C23H25ClN4O2. The van der Waals surface area contributed by atoms with Crippen LogP contribution in [0, 0.1) is 0 Å². The lowest BCUT2D eigenvalue weighted by Gasteiger charge is -2.18. The van der Waals surface area contributed by atoms with Crippen molar-refractivity contribution in [3.05, 3.63) is 76.6 Å². The Kier molecular flexibility index (Phi) is 6.64. The summed E-state index contributed by atoms with van der Waals surface area (Å²) in [5, 5.41) is 12.1. The zero-order chi connectivity index (χ0) is 20.8. The number of benzene rings is 2. The maximum atomic E-state index is 12.9. The van der Waals surface area contributed by atoms with E-state index in [1.165, 1.54) is 12.8 Å². The van der Waals surface area contributed by atoms with Crippen LogP contribution in [0.15, 0.2) is 59.0 Å². The minimum absolute atomic E-state index is 0.229. The number of halogens is 1. The number of rotatable bonds is 6. The van der Waals surface area contributed by atoms with Gasteiger partial charge in [0.15, 0.2) is 0 Å². The van der Waals surface area contributed by atoms with E-state index in [9.17, 15) is 4.79 Å². The number of hydrogen-bond donors (Lipinski definition) is 1. The average molecular weight is 425 g/mol. The molecule has 156 valence electrons. The number of carbonyl (C=O) groups excluding carboxylic acids is 1. The summed E-state index contributed by atoms with van der Waals surface area (Å²) in [6.45, 7) is 1.83. The number of aromatic nitrogens is 2. The standard InChI is InChI=1S/C23H25ClN4O2/c24-19-12-8-11-18(16-19)21(29)25-20(15-17-9-4-3-5-10-17)22-26-27-23(30-22)28-13-6-1-2-7-14-28/h3-5,8-12,16,20H,1-2,6-7,13-15H2,(H,25,29)/t20-/m1/s1. The maximum Gasteiger partial charge on any atom is 0.318 e. The maximum absolute atomic E-state index is 12.9. The minimum Gasteiger partial charge on any atom is -0.406 e. The second-order valence-electron chi connectivity index (χ2n) is 7.55. The van der Waals surface area contributed by atoms with E-state index in [0.29, 0.717) is 28.9 Å². The Balaban J connectivity index is 1.56. The van der Waals surface area contributed by atoms with E-state index in [2.05, 4.69) is 20.4 Å². The van der Waals surface area contributed by atoms with Crippen LogP contribution in [0.5, 0.6) is 0 Å². The van der Waals surface area contributed by atoms with Crippen LogP contribution in [0.4, 0.5) is 6.01 Å². The van der Waals surface area contributed by atoms with Crippen molar-refractivity contribution in [2.75, 3.05) is 18.0 Å². The van der Waals surface area contributed by atoms with E-state index in [4.69, 9.17) is 16.0 Å². The number of amides is 1. The molecule has 2 aromatic carbocycles. The van der Waals surface area contributed by atoms with Crippen molar-refractivity contribution in [2.24, 2.45) is 0 Å². The summed E-state index contributed by atoms with van der Waals surface area (Å²) in [4.78, 5) is 15.0. The molecule has 2 heterocycles. The van der Waals surface area contributed by atoms with Crippen LogP contribution >= 0.6 is 11.6 Å². The lowest BCUT2D eigenvalue weighted by molar-refractivity contribution is 0.0930. The van der Waals surface area contributed by atoms with Gasteiger partial charge in [-0.15, -0.1) is 5.10 Å². The van der Waals surface area contributed by atoms with Crippen molar-refractivity contribution in [2.45, 2.75) is 38.1 Å². The quantitative estimate of drug-likeness (QED) is 0.614. The smallest absolute Gasteiger partial charge is 0.318 e. The van der Waals surface area contributed by atoms with Crippen LogP contribution in [0.25, 0.3) is 0 Å². The molecule has 0 bridgehead atoms. The first-order valence-electron chi connectivity index (χ1n) is 10.4. The fourth-order valence-electron chi connectivity index (χ4n) is 3.68. The first-order chi connectivity index (χ1) is 14.7. The van der Waals surface area contributed by atoms with Gasteiger partial charge in [-0.25, -0.2) is 0 Å². The van der Waals surface area contributed by atoms with Crippen molar-refractivity contribution >= 4 is 23.5 Å². The Hall–Kier alpha value is -2.86. The largest absolute Gasteiger partial charge is 0.406 e. The van der Waals surface area contributed by atoms with Gasteiger partial charge in [0, 0.05) is 30.1 Å². The fourth-order valence-corrected chi connectivity index (χ4v) is 3.87. The van der Waals surface area contributed by atoms with Gasteiger partial charge in [0.1, 0.15) is 6.04 Å². The predicted molar refractivity (Wildman–Crippen MR) is 117 cm³/mol. The van der Waals surface area contributed by atoms with Crippen molar-refractivity contribution in [3.63, 3.8) is 0 Å². The molecule has 1 saturated heterocycles. The van der Waals surface area contributed by atoms with E-state index in [-0.39, 0.29) is 5.91 Å². The molecule has 0 radical (unpaired) electrons. The second-order valence-corrected chi connectivity index (χ2v) is 7.99. The van der Waals surface area contributed by atoms with Gasteiger partial charge in [0.25, 0.3) is 5.91 Å². The first-order valence-corrected chi connectivity index (χ1v) is 10.8. The third kappa shape index (κ3) is 5.19. The molecule has 3 aromatic rings. The Morgan fingerprint density at radius 1 is 1.03 bits per heavy atom. The average Bonchev–Trinajstić information content (AvgIpc) is 3.09. The minimum atomic E-state index is -0.438. The Morgan fingerprint density at radius 3 is 2.53 bits per heavy atom. The number of anilines is 1. The molecule has 1 aromatic heterocycles. The van der Waals surface area contributed by atoms with Crippen LogP contribution in [0.3, 0.4) is 0 Å². The summed E-state index contributed by atoms with van der Waals surface area (Å²) in [5.41, 5.74) is 1.57. The van der Waals surface area contributed by atoms with Crippen LogP contribution < -0.4 is 10.2 Å². The van der Waals surface area contributed by atoms with E-state index in [1.807, 2.05) is 30.3 Å². The zero-order valence-corrected chi connectivity index (χ0v) is 17.5. The number of hydrogen-bond acceptors (Lipinski definition) is 5. The molecule has 30 heavy (non-hydrogen) atoms. The van der Waals surface area contributed by atoms with Gasteiger partial charge in [-0.1, -0.05) is 65.9 Å². The van der Waals surface area contributed by atoms with Crippen LogP contribution in [0.1, 0.15) is 53.5 Å². The summed E-state index contributed by atoms with van der Waals surface area (Å²) >= 11 is 6.05. The monoisotopic (exact) mass is 424 g/mol. The number of carbonyl (C=O) groups is 1. The Labute approximate surface area is 181 Å². The molecule has 0 unspecified atom stereocenters. The highest BCUT2D eigenvalue weighted by molar-refractivity contribution is 6.30. The summed E-state index contributed by atoms with van der Waals surface area (Å²) in [6.07, 6.45) is 5.25. The third-order valence-electron chi connectivity index (χ3n) is 5.28. The Morgan fingerprint density at radius 2 is 1.80 bits per heavy atom. The van der Waals surface area contributed by atoms with Crippen molar-refractivity contribution in [3.8, 4) is 0 Å². The molecule has 0 saturated carbocycles.